The summed E-state index contributed by atoms with van der Waals surface area (Å²) in [5.74, 6) is -1.18. The van der Waals surface area contributed by atoms with Gasteiger partial charge in [-0.2, -0.15) is 22.9 Å². The van der Waals surface area contributed by atoms with Crippen LogP contribution in [0.25, 0.3) is 0 Å². The van der Waals surface area contributed by atoms with Gasteiger partial charge in [0.05, 0.1) is 6.21 Å². The minimum Gasteiger partial charge on any atom is -0.508 e. The number of H-pyrrole nitrogens is 1. The van der Waals surface area contributed by atoms with Crippen LogP contribution in [0.5, 0.6) is 5.75 Å². The summed E-state index contributed by atoms with van der Waals surface area (Å²) in [4.78, 5) is 0. The third kappa shape index (κ3) is 2.99. The predicted molar refractivity (Wildman–Crippen MR) is 63.5 cm³/mol. The number of aromatic amines is 1. The Morgan fingerprint density at radius 2 is 1.95 bits per heavy atom. The van der Waals surface area contributed by atoms with Crippen molar-refractivity contribution in [1.29, 1.82) is 0 Å². The van der Waals surface area contributed by atoms with Gasteiger partial charge in [-0.3, -0.25) is 0 Å². The van der Waals surface area contributed by atoms with E-state index in [1.54, 1.807) is 0 Å². The third-order valence-corrected chi connectivity index (χ3v) is 2.38. The van der Waals surface area contributed by atoms with E-state index >= 15 is 0 Å². The van der Waals surface area contributed by atoms with Gasteiger partial charge in [0.1, 0.15) is 5.75 Å². The largest absolute Gasteiger partial charge is 0.508 e. The average molecular weight is 288 g/mol. The minimum atomic E-state index is -4.65. The molecule has 5 nitrogen and oxygen atoms in total. The van der Waals surface area contributed by atoms with Crippen molar-refractivity contribution >= 4 is 18.4 Å². The number of alkyl halides is 3. The second kappa shape index (κ2) is 4.84. The first-order chi connectivity index (χ1) is 8.88. The van der Waals surface area contributed by atoms with Crippen LogP contribution in [0.15, 0.2) is 29.4 Å². The number of benzene rings is 1. The summed E-state index contributed by atoms with van der Waals surface area (Å²) >= 11 is 4.67. The van der Waals surface area contributed by atoms with Gasteiger partial charge in [-0.25, -0.2) is 5.10 Å². The lowest BCUT2D eigenvalue weighted by atomic mass is 10.2. The molecule has 2 rings (SSSR count). The molecule has 0 saturated heterocycles. The molecular weight excluding hydrogens is 281 g/mol. The fraction of sp³-hybridized carbons (Fsp3) is 0.100. The van der Waals surface area contributed by atoms with Crippen LogP contribution in [0.2, 0.25) is 0 Å². The number of halogens is 3. The number of hydrogen-bond donors (Lipinski definition) is 2. The highest BCUT2D eigenvalue weighted by Crippen LogP contribution is 2.27. The van der Waals surface area contributed by atoms with Crippen molar-refractivity contribution in [3.8, 4) is 5.75 Å². The average Bonchev–Trinajstić information content (AvgIpc) is 2.70. The van der Waals surface area contributed by atoms with Gasteiger partial charge in [-0.15, -0.1) is 5.10 Å². The SMILES string of the molecule is Oc1ccc(/C=N/n2c(C(F)(F)F)n[nH]c2=S)cc1. The van der Waals surface area contributed by atoms with Crippen molar-refractivity contribution in [3.63, 3.8) is 0 Å². The normalized spacial score (nSPS) is 12.2. The van der Waals surface area contributed by atoms with Gasteiger partial charge in [-0.1, -0.05) is 0 Å². The van der Waals surface area contributed by atoms with Crippen molar-refractivity contribution in [2.45, 2.75) is 6.18 Å². The molecule has 0 radical (unpaired) electrons. The summed E-state index contributed by atoms with van der Waals surface area (Å²) in [6, 6.07) is 5.77. The Labute approximate surface area is 110 Å². The first-order valence-electron chi connectivity index (χ1n) is 4.96. The number of phenols is 1. The van der Waals surface area contributed by atoms with Crippen molar-refractivity contribution in [2.75, 3.05) is 0 Å². The van der Waals surface area contributed by atoms with Crippen LogP contribution < -0.4 is 0 Å². The molecule has 0 bridgehead atoms. The van der Waals surface area contributed by atoms with Gasteiger partial charge in [0, 0.05) is 0 Å². The topological polar surface area (TPSA) is 66.2 Å². The molecule has 2 N–H and O–H groups in total. The molecule has 0 amide bonds. The molecule has 0 unspecified atom stereocenters. The standard InChI is InChI=1S/C10H7F3N4OS/c11-10(12,13)8-15-16-9(19)17(8)14-5-6-1-3-7(18)4-2-6/h1-5,18H,(H,16,19)/b14-5+. The first kappa shape index (κ1) is 13.3. The molecule has 0 saturated carbocycles. The second-order valence-corrected chi connectivity index (χ2v) is 3.88. The lowest BCUT2D eigenvalue weighted by Crippen LogP contribution is -2.12. The molecule has 2 aromatic rings. The molecule has 0 aliphatic heterocycles. The highest BCUT2D eigenvalue weighted by molar-refractivity contribution is 7.71. The molecular formula is C10H7F3N4OS. The molecule has 1 heterocycles. The fourth-order valence-corrected chi connectivity index (χ4v) is 1.45. The summed E-state index contributed by atoms with van der Waals surface area (Å²) < 4.78 is 38.0. The zero-order valence-electron chi connectivity index (χ0n) is 9.22. The van der Waals surface area contributed by atoms with E-state index in [4.69, 9.17) is 5.11 Å². The lowest BCUT2D eigenvalue weighted by Gasteiger charge is -2.03. The molecule has 0 atom stereocenters. The molecule has 19 heavy (non-hydrogen) atoms. The molecule has 0 aliphatic rings. The van der Waals surface area contributed by atoms with Crippen LogP contribution in [0, 0.1) is 4.77 Å². The van der Waals surface area contributed by atoms with Crippen molar-refractivity contribution in [1.82, 2.24) is 14.9 Å². The van der Waals surface area contributed by atoms with E-state index < -0.39 is 12.0 Å². The Hall–Kier alpha value is -2.16. The van der Waals surface area contributed by atoms with Gasteiger partial charge < -0.3 is 5.11 Å². The fourth-order valence-electron chi connectivity index (χ4n) is 1.27. The van der Waals surface area contributed by atoms with Crippen LogP contribution in [0.4, 0.5) is 13.2 Å². The summed E-state index contributed by atoms with van der Waals surface area (Å²) in [6.07, 6.45) is -3.47. The Balaban J connectivity index is 2.36. The number of phenolic OH excluding ortho intramolecular Hbond substituents is 1. The van der Waals surface area contributed by atoms with E-state index in [-0.39, 0.29) is 10.5 Å². The zero-order valence-corrected chi connectivity index (χ0v) is 10.0. The Kier molecular flexibility index (Phi) is 3.38. The van der Waals surface area contributed by atoms with Crippen molar-refractivity contribution in [3.05, 3.63) is 40.4 Å². The number of aromatic hydroxyl groups is 1. The number of nitrogens with zero attached hydrogens (tertiary/aromatic N) is 3. The summed E-state index contributed by atoms with van der Waals surface area (Å²) in [7, 11) is 0. The lowest BCUT2D eigenvalue weighted by molar-refractivity contribution is -0.147. The number of aromatic nitrogens is 3. The third-order valence-electron chi connectivity index (χ3n) is 2.12. The Morgan fingerprint density at radius 3 is 2.53 bits per heavy atom. The van der Waals surface area contributed by atoms with Gasteiger partial charge in [0.2, 0.25) is 4.77 Å². The summed E-state index contributed by atoms with van der Waals surface area (Å²) in [5, 5.41) is 17.8. The van der Waals surface area contributed by atoms with Crippen LogP contribution in [0.3, 0.4) is 0 Å². The van der Waals surface area contributed by atoms with E-state index in [1.807, 2.05) is 5.10 Å². The highest BCUT2D eigenvalue weighted by atomic mass is 32.1. The molecule has 0 fully saturated rings. The smallest absolute Gasteiger partial charge is 0.453 e. The Bertz CT molecular complexity index is 657. The van der Waals surface area contributed by atoms with Crippen LogP contribution >= 0.6 is 12.2 Å². The van der Waals surface area contributed by atoms with E-state index in [9.17, 15) is 13.2 Å². The number of rotatable bonds is 2. The minimum absolute atomic E-state index is 0.0491. The quantitative estimate of drug-likeness (QED) is 0.659. The molecule has 1 aromatic heterocycles. The van der Waals surface area contributed by atoms with Gasteiger partial charge in [-0.05, 0) is 42.0 Å². The van der Waals surface area contributed by atoms with Gasteiger partial charge in [0.25, 0.3) is 5.82 Å². The van der Waals surface area contributed by atoms with Crippen LogP contribution in [-0.2, 0) is 6.18 Å². The Morgan fingerprint density at radius 1 is 1.32 bits per heavy atom. The maximum atomic E-state index is 12.6. The van der Waals surface area contributed by atoms with Crippen molar-refractivity contribution in [2.24, 2.45) is 5.10 Å². The van der Waals surface area contributed by atoms with Crippen LogP contribution in [-0.4, -0.2) is 26.2 Å². The number of nitrogens with one attached hydrogen (secondary N) is 1. The van der Waals surface area contributed by atoms with Gasteiger partial charge >= 0.3 is 6.18 Å². The molecule has 1 aromatic carbocycles. The molecule has 100 valence electrons. The van der Waals surface area contributed by atoms with Gasteiger partial charge in [0.15, 0.2) is 0 Å². The first-order valence-corrected chi connectivity index (χ1v) is 5.37. The maximum absolute atomic E-state index is 12.6. The maximum Gasteiger partial charge on any atom is 0.453 e. The summed E-state index contributed by atoms with van der Waals surface area (Å²) in [5.41, 5.74) is 0.508. The second-order valence-electron chi connectivity index (χ2n) is 3.50. The highest BCUT2D eigenvalue weighted by Gasteiger charge is 2.37. The monoisotopic (exact) mass is 288 g/mol. The van der Waals surface area contributed by atoms with Crippen LogP contribution in [0.1, 0.15) is 11.4 Å². The van der Waals surface area contributed by atoms with E-state index in [0.29, 0.717) is 10.2 Å². The zero-order chi connectivity index (χ0) is 14.0. The molecule has 0 spiro atoms. The van der Waals surface area contributed by atoms with E-state index in [1.165, 1.54) is 30.5 Å². The molecule has 0 aliphatic carbocycles. The number of hydrogen-bond acceptors (Lipinski definition) is 4. The van der Waals surface area contributed by atoms with E-state index in [2.05, 4.69) is 22.4 Å². The van der Waals surface area contributed by atoms with E-state index in [0.717, 1.165) is 0 Å². The molecule has 9 heteroatoms. The predicted octanol–water partition coefficient (Wildman–Crippen LogP) is 2.55. The summed E-state index contributed by atoms with van der Waals surface area (Å²) in [6.45, 7) is 0. The van der Waals surface area contributed by atoms with Crippen molar-refractivity contribution < 1.29 is 18.3 Å².